The van der Waals surface area contributed by atoms with Crippen LogP contribution in [0, 0.1) is 0 Å². The Balaban J connectivity index is 3.59. The average Bonchev–Trinajstić information content (AvgIpc) is 3.16. The van der Waals surface area contributed by atoms with Crippen molar-refractivity contribution in [1.29, 1.82) is 0 Å². The predicted molar refractivity (Wildman–Crippen MR) is 232 cm³/mol. The van der Waals surface area contributed by atoms with Crippen LogP contribution in [0.1, 0.15) is 264 Å². The molecule has 0 spiro atoms. The molecule has 4 N–H and O–H groups in total. The van der Waals surface area contributed by atoms with Crippen molar-refractivity contribution in [3.63, 3.8) is 0 Å². The van der Waals surface area contributed by atoms with Gasteiger partial charge in [0.05, 0.1) is 18.8 Å². The number of carbonyl (C=O) groups is 1. The first kappa shape index (κ1) is 52.1. The van der Waals surface area contributed by atoms with Gasteiger partial charge in [-0.15, -0.1) is 0 Å². The summed E-state index contributed by atoms with van der Waals surface area (Å²) in [5.41, 5.74) is 0. The summed E-state index contributed by atoms with van der Waals surface area (Å²) in [7, 11) is 0. The van der Waals surface area contributed by atoms with Crippen LogP contribution in [0.4, 0.5) is 0 Å². The second kappa shape index (κ2) is 43.8. The second-order valence-corrected chi connectivity index (χ2v) is 16.7. The van der Waals surface area contributed by atoms with Gasteiger partial charge in [0.2, 0.25) is 5.91 Å². The van der Waals surface area contributed by atoms with Gasteiger partial charge in [-0.25, -0.2) is 0 Å². The third-order valence-corrected chi connectivity index (χ3v) is 11.4. The molecular formula is C48H95NO4. The normalized spacial score (nSPS) is 13.5. The second-order valence-electron chi connectivity index (χ2n) is 16.7. The number of hydrogen-bond donors (Lipinski definition) is 4. The zero-order valence-corrected chi connectivity index (χ0v) is 35.9. The highest BCUT2D eigenvalue weighted by Crippen LogP contribution is 2.17. The quantitative estimate of drug-likeness (QED) is 0.0369. The van der Waals surface area contributed by atoms with Crippen LogP contribution in [0.2, 0.25) is 0 Å². The van der Waals surface area contributed by atoms with E-state index in [-0.39, 0.29) is 12.5 Å². The van der Waals surface area contributed by atoms with Crippen molar-refractivity contribution in [3.05, 3.63) is 12.2 Å². The summed E-state index contributed by atoms with van der Waals surface area (Å²) < 4.78 is 0. The Bertz CT molecular complexity index is 743. The summed E-state index contributed by atoms with van der Waals surface area (Å²) in [6.07, 6.45) is 51.8. The molecular weight excluding hydrogens is 655 g/mol. The average molecular weight is 750 g/mol. The molecule has 0 heterocycles. The van der Waals surface area contributed by atoms with Gasteiger partial charge in [-0.1, -0.05) is 231 Å². The Hall–Kier alpha value is -0.910. The molecule has 1 amide bonds. The maximum Gasteiger partial charge on any atom is 0.220 e. The maximum absolute atomic E-state index is 12.5. The van der Waals surface area contributed by atoms with Gasteiger partial charge in [-0.3, -0.25) is 4.79 Å². The van der Waals surface area contributed by atoms with E-state index in [2.05, 4.69) is 31.3 Å². The van der Waals surface area contributed by atoms with Crippen LogP contribution in [-0.2, 0) is 4.79 Å². The number of unbranched alkanes of at least 4 members (excludes halogenated alkanes) is 34. The van der Waals surface area contributed by atoms with Gasteiger partial charge in [-0.05, 0) is 38.5 Å². The van der Waals surface area contributed by atoms with Gasteiger partial charge in [0.1, 0.15) is 6.10 Å². The predicted octanol–water partition coefficient (Wildman–Crippen LogP) is 14.0. The standard InChI is InChI=1S/C48H95NO4/c1-3-5-7-9-11-13-15-17-19-21-23-24-25-27-29-31-33-35-37-39-41-43-47(52)49-45(44-50)48(53)46(51)42-40-38-36-34-32-30-28-26-22-20-18-16-14-12-10-8-6-4-2/h24-25,45-46,48,50-51,53H,3-23,26-44H2,1-2H3,(H,49,52)/b25-24-. The molecule has 0 aromatic heterocycles. The van der Waals surface area contributed by atoms with Crippen LogP contribution in [0.25, 0.3) is 0 Å². The van der Waals surface area contributed by atoms with E-state index < -0.39 is 18.2 Å². The molecule has 0 bridgehead atoms. The first-order chi connectivity index (χ1) is 26.1. The number of aliphatic hydroxyl groups is 3. The van der Waals surface area contributed by atoms with Crippen molar-refractivity contribution in [2.75, 3.05) is 6.61 Å². The minimum absolute atomic E-state index is 0.145. The maximum atomic E-state index is 12.5. The number of rotatable bonds is 44. The molecule has 0 aliphatic rings. The lowest BCUT2D eigenvalue weighted by Gasteiger charge is -2.26. The van der Waals surface area contributed by atoms with E-state index in [1.807, 2.05) is 0 Å². The van der Waals surface area contributed by atoms with Crippen LogP contribution < -0.4 is 5.32 Å². The zero-order chi connectivity index (χ0) is 38.7. The molecule has 0 rings (SSSR count). The molecule has 0 saturated heterocycles. The molecule has 0 aliphatic heterocycles. The minimum atomic E-state index is -1.13. The van der Waals surface area contributed by atoms with Gasteiger partial charge in [0, 0.05) is 6.42 Å². The number of amides is 1. The van der Waals surface area contributed by atoms with Crippen molar-refractivity contribution in [2.45, 2.75) is 283 Å². The van der Waals surface area contributed by atoms with Gasteiger partial charge in [0.25, 0.3) is 0 Å². The molecule has 5 nitrogen and oxygen atoms in total. The largest absolute Gasteiger partial charge is 0.394 e. The zero-order valence-electron chi connectivity index (χ0n) is 35.9. The fraction of sp³-hybridized carbons (Fsp3) is 0.938. The molecule has 0 aromatic rings. The van der Waals surface area contributed by atoms with E-state index in [0.717, 1.165) is 38.5 Å². The van der Waals surface area contributed by atoms with Gasteiger partial charge in [-0.2, -0.15) is 0 Å². The van der Waals surface area contributed by atoms with Crippen molar-refractivity contribution in [3.8, 4) is 0 Å². The van der Waals surface area contributed by atoms with E-state index in [4.69, 9.17) is 0 Å². The van der Waals surface area contributed by atoms with E-state index in [0.29, 0.717) is 12.8 Å². The van der Waals surface area contributed by atoms with Gasteiger partial charge >= 0.3 is 0 Å². The SMILES string of the molecule is CCCCCCCCCCCC/C=C\CCCCCCCCCC(=O)NC(CO)C(O)C(O)CCCCCCCCCCCCCCCCCCCC. The van der Waals surface area contributed by atoms with Crippen molar-refractivity contribution < 1.29 is 20.1 Å². The van der Waals surface area contributed by atoms with E-state index in [1.165, 1.54) is 199 Å². The smallest absolute Gasteiger partial charge is 0.220 e. The summed E-state index contributed by atoms with van der Waals surface area (Å²) >= 11 is 0. The van der Waals surface area contributed by atoms with Crippen LogP contribution in [0.15, 0.2) is 12.2 Å². The highest BCUT2D eigenvalue weighted by molar-refractivity contribution is 5.76. The molecule has 53 heavy (non-hydrogen) atoms. The van der Waals surface area contributed by atoms with E-state index >= 15 is 0 Å². The Morgan fingerprint density at radius 1 is 0.453 bits per heavy atom. The summed E-state index contributed by atoms with van der Waals surface area (Å²) in [4.78, 5) is 12.5. The van der Waals surface area contributed by atoms with E-state index in [1.54, 1.807) is 0 Å². The molecule has 0 saturated carbocycles. The number of hydrogen-bond acceptors (Lipinski definition) is 4. The first-order valence-electron chi connectivity index (χ1n) is 24.0. The fourth-order valence-corrected chi connectivity index (χ4v) is 7.63. The number of aliphatic hydroxyl groups excluding tert-OH is 3. The van der Waals surface area contributed by atoms with Gasteiger partial charge in [0.15, 0.2) is 0 Å². The molecule has 0 radical (unpaired) electrons. The van der Waals surface area contributed by atoms with Crippen LogP contribution in [0.5, 0.6) is 0 Å². The minimum Gasteiger partial charge on any atom is -0.394 e. The molecule has 0 fully saturated rings. The summed E-state index contributed by atoms with van der Waals surface area (Å²) in [5, 5.41) is 33.6. The van der Waals surface area contributed by atoms with Crippen molar-refractivity contribution >= 4 is 5.91 Å². The fourth-order valence-electron chi connectivity index (χ4n) is 7.63. The highest BCUT2D eigenvalue weighted by Gasteiger charge is 2.26. The third-order valence-electron chi connectivity index (χ3n) is 11.4. The number of carbonyl (C=O) groups excluding carboxylic acids is 1. The molecule has 3 atom stereocenters. The Kier molecular flexibility index (Phi) is 43.1. The van der Waals surface area contributed by atoms with Crippen molar-refractivity contribution in [1.82, 2.24) is 5.32 Å². The number of allylic oxidation sites excluding steroid dienone is 2. The Labute approximate surface area is 331 Å². The third kappa shape index (κ3) is 39.1. The molecule has 316 valence electrons. The Morgan fingerprint density at radius 3 is 1.09 bits per heavy atom. The lowest BCUT2D eigenvalue weighted by molar-refractivity contribution is -0.124. The lowest BCUT2D eigenvalue weighted by atomic mass is 9.99. The monoisotopic (exact) mass is 750 g/mol. The van der Waals surface area contributed by atoms with Crippen molar-refractivity contribution in [2.24, 2.45) is 0 Å². The van der Waals surface area contributed by atoms with Crippen LogP contribution in [0.3, 0.4) is 0 Å². The molecule has 0 aromatic carbocycles. The van der Waals surface area contributed by atoms with Crippen LogP contribution >= 0.6 is 0 Å². The lowest BCUT2D eigenvalue weighted by Crippen LogP contribution is -2.50. The Morgan fingerprint density at radius 2 is 0.755 bits per heavy atom. The first-order valence-corrected chi connectivity index (χ1v) is 24.0. The van der Waals surface area contributed by atoms with E-state index in [9.17, 15) is 20.1 Å². The van der Waals surface area contributed by atoms with Crippen LogP contribution in [-0.4, -0.2) is 46.1 Å². The molecule has 0 aliphatic carbocycles. The molecule has 3 unspecified atom stereocenters. The summed E-state index contributed by atoms with van der Waals surface area (Å²) in [6.45, 7) is 4.20. The number of nitrogens with one attached hydrogen (secondary N) is 1. The van der Waals surface area contributed by atoms with Gasteiger partial charge < -0.3 is 20.6 Å². The summed E-state index contributed by atoms with van der Waals surface area (Å²) in [5.74, 6) is -0.145. The highest BCUT2D eigenvalue weighted by atomic mass is 16.3. The molecule has 5 heteroatoms. The topological polar surface area (TPSA) is 89.8 Å². The summed E-state index contributed by atoms with van der Waals surface area (Å²) in [6, 6.07) is -0.808.